The van der Waals surface area contributed by atoms with E-state index in [2.05, 4.69) is 258 Å². The molecule has 2 unspecified atom stereocenters. The second-order valence-corrected chi connectivity index (χ2v) is 18.1. The smallest absolute Gasteiger partial charge is 0.0324 e. The SMILES string of the molecule is C=C/C(=C\C(=C/Cc1ccc(C)cc1)c1c2ccccc2c(C2=C(/C=C\C=C/C)C#CCC=C2)c2ccccc12)c1c2c(c(-c3cccc4c3C(C)C=CC=C4)c3ccccc13)C(C)C=CC=C2. The highest BCUT2D eigenvalue weighted by Gasteiger charge is 2.27. The maximum absolute atomic E-state index is 4.63. The van der Waals surface area contributed by atoms with Crippen LogP contribution in [0.2, 0.25) is 0 Å². The molecular formula is C68H56. The molecule has 0 aliphatic heterocycles. The monoisotopic (exact) mass is 872 g/mol. The molecule has 10 rings (SSSR count). The third-order valence-electron chi connectivity index (χ3n) is 13.7. The van der Waals surface area contributed by atoms with Crippen LogP contribution in [0.5, 0.6) is 0 Å². The summed E-state index contributed by atoms with van der Waals surface area (Å²) >= 11 is 0. The van der Waals surface area contributed by atoms with Crippen LogP contribution in [0.1, 0.15) is 89.1 Å². The molecule has 328 valence electrons. The van der Waals surface area contributed by atoms with Crippen molar-refractivity contribution in [3.8, 4) is 23.0 Å². The minimum absolute atomic E-state index is 0.152. The number of aryl methyl sites for hydroxylation is 1. The fourth-order valence-electron chi connectivity index (χ4n) is 10.6. The van der Waals surface area contributed by atoms with Gasteiger partial charge in [-0.15, -0.1) is 0 Å². The van der Waals surface area contributed by atoms with Crippen LogP contribution >= 0.6 is 0 Å². The first-order valence-corrected chi connectivity index (χ1v) is 24.1. The van der Waals surface area contributed by atoms with Gasteiger partial charge < -0.3 is 0 Å². The van der Waals surface area contributed by atoms with E-state index >= 15 is 0 Å². The molecule has 68 heavy (non-hydrogen) atoms. The van der Waals surface area contributed by atoms with Gasteiger partial charge in [-0.1, -0.05) is 244 Å². The molecule has 0 radical (unpaired) electrons. The topological polar surface area (TPSA) is 0 Å². The lowest BCUT2D eigenvalue weighted by molar-refractivity contribution is 0.955. The van der Waals surface area contributed by atoms with Crippen LogP contribution in [0.4, 0.5) is 0 Å². The average Bonchev–Trinajstić information content (AvgIpc) is 3.81. The Bertz CT molecular complexity index is 3490. The molecular weight excluding hydrogens is 817 g/mol. The minimum Gasteiger partial charge on any atom is -0.0984 e. The molecule has 0 saturated heterocycles. The number of hydrogen-bond donors (Lipinski definition) is 0. The predicted octanol–water partition coefficient (Wildman–Crippen LogP) is 18.2. The molecule has 0 heteroatoms. The van der Waals surface area contributed by atoms with E-state index in [0.29, 0.717) is 6.42 Å². The lowest BCUT2D eigenvalue weighted by Crippen LogP contribution is -2.06. The summed E-state index contributed by atoms with van der Waals surface area (Å²) in [6, 6.07) is 42.8. The fraction of sp³-hybridized carbons (Fsp3) is 0.118. The van der Waals surface area contributed by atoms with Gasteiger partial charge in [-0.25, -0.2) is 0 Å². The van der Waals surface area contributed by atoms with E-state index in [1.165, 1.54) is 93.5 Å². The summed E-state index contributed by atoms with van der Waals surface area (Å²) in [7, 11) is 0. The van der Waals surface area contributed by atoms with E-state index < -0.39 is 0 Å². The highest BCUT2D eigenvalue weighted by Crippen LogP contribution is 2.49. The normalized spacial score (nSPS) is 16.9. The van der Waals surface area contributed by atoms with Gasteiger partial charge in [0.1, 0.15) is 0 Å². The average molecular weight is 873 g/mol. The Morgan fingerprint density at radius 1 is 0.632 bits per heavy atom. The van der Waals surface area contributed by atoms with Crippen LogP contribution in [0.3, 0.4) is 0 Å². The molecule has 0 fully saturated rings. The highest BCUT2D eigenvalue weighted by molar-refractivity contribution is 6.19. The number of allylic oxidation sites excluding steroid dienone is 19. The third kappa shape index (κ3) is 8.27. The second-order valence-electron chi connectivity index (χ2n) is 18.1. The molecule has 2 atom stereocenters. The van der Waals surface area contributed by atoms with E-state index in [1.54, 1.807) is 0 Å². The number of fused-ring (bicyclic) bond motifs is 5. The van der Waals surface area contributed by atoms with Crippen LogP contribution in [0.25, 0.3) is 72.3 Å². The Morgan fingerprint density at radius 3 is 1.94 bits per heavy atom. The predicted molar refractivity (Wildman–Crippen MR) is 297 cm³/mol. The lowest BCUT2D eigenvalue weighted by atomic mass is 9.76. The fourth-order valence-corrected chi connectivity index (χ4v) is 10.6. The van der Waals surface area contributed by atoms with E-state index in [-0.39, 0.29) is 11.8 Å². The van der Waals surface area contributed by atoms with E-state index in [0.717, 1.165) is 28.7 Å². The Balaban J connectivity index is 1.29. The molecule has 0 heterocycles. The number of benzene rings is 7. The van der Waals surface area contributed by atoms with Crippen molar-refractivity contribution in [1.29, 1.82) is 0 Å². The summed E-state index contributed by atoms with van der Waals surface area (Å²) in [5, 5.41) is 7.26. The standard InChI is InChI=1S/C68H56/c1-6-8-10-26-51-27-11-9-12-30-54(51)67-58-34-20-17-31-55(58)66(56-32-18-21-35-59(56)67)53(44-43-49-41-39-46(3)40-42-49)45-50(7-2)65-57-33-19-22-36-60(57)68(64-48(5)25-14-16-37-62(64)65)61-38-23-29-52-28-15-13-24-47(4)63(52)61/h6-8,10,12-26,28-42,44-45,47-48H,2,9,43H2,1,3-5H3/b8-6-,26-10-,50-45+,53-44+. The lowest BCUT2D eigenvalue weighted by Gasteiger charge is -2.27. The molecule has 7 aromatic carbocycles. The molecule has 3 aliphatic carbocycles. The van der Waals surface area contributed by atoms with Gasteiger partial charge in [0.2, 0.25) is 0 Å². The summed E-state index contributed by atoms with van der Waals surface area (Å²) < 4.78 is 0. The molecule has 0 N–H and O–H groups in total. The summed E-state index contributed by atoms with van der Waals surface area (Å²) in [5.74, 6) is 7.32. The first-order valence-electron chi connectivity index (χ1n) is 24.1. The highest BCUT2D eigenvalue weighted by atomic mass is 14.3. The van der Waals surface area contributed by atoms with Crippen molar-refractivity contribution in [3.05, 3.63) is 269 Å². The van der Waals surface area contributed by atoms with Crippen LogP contribution in [-0.4, -0.2) is 0 Å². The maximum Gasteiger partial charge on any atom is 0.0324 e. The minimum atomic E-state index is 0.152. The molecule has 7 aromatic rings. The van der Waals surface area contributed by atoms with Crippen molar-refractivity contribution in [2.75, 3.05) is 0 Å². The van der Waals surface area contributed by atoms with Gasteiger partial charge in [0.15, 0.2) is 0 Å². The van der Waals surface area contributed by atoms with Crippen LogP contribution in [0.15, 0.2) is 219 Å². The molecule has 0 nitrogen and oxygen atoms in total. The van der Waals surface area contributed by atoms with Crippen molar-refractivity contribution in [2.45, 2.75) is 52.4 Å². The molecule has 0 bridgehead atoms. The first kappa shape index (κ1) is 43.9. The zero-order valence-corrected chi connectivity index (χ0v) is 39.6. The van der Waals surface area contributed by atoms with Crippen molar-refractivity contribution in [1.82, 2.24) is 0 Å². The van der Waals surface area contributed by atoms with Crippen LogP contribution in [0, 0.1) is 18.8 Å². The first-order chi connectivity index (χ1) is 33.4. The van der Waals surface area contributed by atoms with Gasteiger partial charge in [0.05, 0.1) is 0 Å². The van der Waals surface area contributed by atoms with Crippen LogP contribution < -0.4 is 0 Å². The Morgan fingerprint density at radius 2 is 1.26 bits per heavy atom. The van der Waals surface area contributed by atoms with Gasteiger partial charge in [-0.05, 0) is 137 Å². The molecule has 0 spiro atoms. The second kappa shape index (κ2) is 19.5. The number of rotatable bonds is 10. The number of hydrogen-bond acceptors (Lipinski definition) is 0. The van der Waals surface area contributed by atoms with Gasteiger partial charge in [0, 0.05) is 23.8 Å². The van der Waals surface area contributed by atoms with Crippen molar-refractivity contribution >= 4 is 61.2 Å². The molecule has 0 aromatic heterocycles. The van der Waals surface area contributed by atoms with Crippen molar-refractivity contribution < 1.29 is 0 Å². The largest absolute Gasteiger partial charge is 0.0984 e. The zero-order valence-electron chi connectivity index (χ0n) is 39.6. The summed E-state index contributed by atoms with van der Waals surface area (Å²) in [5.41, 5.74) is 18.4. The van der Waals surface area contributed by atoms with Gasteiger partial charge in [-0.3, -0.25) is 0 Å². The molecule has 3 aliphatic rings. The summed E-state index contributed by atoms with van der Waals surface area (Å²) in [6.07, 6.45) is 39.4. The van der Waals surface area contributed by atoms with Crippen LogP contribution in [-0.2, 0) is 6.42 Å². The van der Waals surface area contributed by atoms with Crippen molar-refractivity contribution in [2.24, 2.45) is 0 Å². The Labute approximate surface area is 403 Å². The van der Waals surface area contributed by atoms with Gasteiger partial charge in [-0.2, -0.15) is 0 Å². The maximum atomic E-state index is 4.63. The van der Waals surface area contributed by atoms with E-state index in [4.69, 9.17) is 0 Å². The van der Waals surface area contributed by atoms with Gasteiger partial charge >= 0.3 is 0 Å². The third-order valence-corrected chi connectivity index (χ3v) is 13.7. The molecule has 0 amide bonds. The summed E-state index contributed by atoms with van der Waals surface area (Å²) in [6.45, 7) is 13.5. The Hall–Kier alpha value is -7.98. The summed E-state index contributed by atoms with van der Waals surface area (Å²) in [4.78, 5) is 0. The van der Waals surface area contributed by atoms with E-state index in [1.807, 2.05) is 6.92 Å². The van der Waals surface area contributed by atoms with Gasteiger partial charge in [0.25, 0.3) is 0 Å². The quantitative estimate of drug-likeness (QED) is 0.0730. The van der Waals surface area contributed by atoms with E-state index in [9.17, 15) is 0 Å². The molecule has 0 saturated carbocycles. The zero-order chi connectivity index (χ0) is 46.6. The van der Waals surface area contributed by atoms with Crippen molar-refractivity contribution in [3.63, 3.8) is 0 Å². The Kier molecular flexibility index (Phi) is 12.6.